The summed E-state index contributed by atoms with van der Waals surface area (Å²) in [5.74, 6) is -0.306. The number of hydrogen-bond donors (Lipinski definition) is 1. The largest absolute Gasteiger partial charge is 0.477 e. The highest BCUT2D eigenvalue weighted by molar-refractivity contribution is 8.04. The Morgan fingerprint density at radius 2 is 2.08 bits per heavy atom. The molecule has 0 aliphatic rings. The molecule has 8 heteroatoms. The lowest BCUT2D eigenvalue weighted by atomic mass is 10.2. The van der Waals surface area contributed by atoms with E-state index in [1.54, 1.807) is 18.2 Å². The quantitative estimate of drug-likeness (QED) is 0.478. The Morgan fingerprint density at radius 3 is 2.68 bits per heavy atom. The van der Waals surface area contributed by atoms with E-state index in [-0.39, 0.29) is 4.91 Å². The van der Waals surface area contributed by atoms with Crippen molar-refractivity contribution in [1.29, 1.82) is 0 Å². The van der Waals surface area contributed by atoms with Crippen molar-refractivity contribution < 1.29 is 9.90 Å². The molecule has 0 spiro atoms. The molecule has 0 fully saturated rings. The van der Waals surface area contributed by atoms with E-state index in [2.05, 4.69) is 10.2 Å². The Labute approximate surface area is 158 Å². The molecule has 0 amide bonds. The number of hydrogen-bond acceptors (Lipinski definition) is 5. The highest BCUT2D eigenvalue weighted by Gasteiger charge is 2.18. The standard InChI is InChI=1S/C17H14ClN3O2S2/c1-2-21-15(11-5-7-12(18)8-6-11)19-20-17(21)25-14(16(22)23)10-13-4-3-9-24-13/h3-10H,2H2,1H3,(H,22,23)/b14-10+. The van der Waals surface area contributed by atoms with Crippen LogP contribution in [0.15, 0.2) is 51.8 Å². The van der Waals surface area contributed by atoms with E-state index < -0.39 is 5.97 Å². The first-order chi connectivity index (χ1) is 12.1. The van der Waals surface area contributed by atoms with Crippen molar-refractivity contribution in [2.45, 2.75) is 18.6 Å². The molecule has 2 aromatic heterocycles. The lowest BCUT2D eigenvalue weighted by molar-refractivity contribution is -0.131. The van der Waals surface area contributed by atoms with E-state index in [9.17, 15) is 9.90 Å². The highest BCUT2D eigenvalue weighted by atomic mass is 35.5. The maximum atomic E-state index is 11.6. The number of aliphatic carboxylic acids is 1. The molecule has 0 saturated heterocycles. The van der Waals surface area contributed by atoms with Gasteiger partial charge in [0, 0.05) is 22.0 Å². The summed E-state index contributed by atoms with van der Waals surface area (Å²) in [4.78, 5) is 12.7. The molecular weight excluding hydrogens is 378 g/mol. The van der Waals surface area contributed by atoms with Gasteiger partial charge >= 0.3 is 5.97 Å². The van der Waals surface area contributed by atoms with E-state index in [1.165, 1.54) is 11.3 Å². The topological polar surface area (TPSA) is 68.0 Å². The number of rotatable bonds is 6. The van der Waals surface area contributed by atoms with Gasteiger partial charge in [-0.1, -0.05) is 17.7 Å². The van der Waals surface area contributed by atoms with Crippen molar-refractivity contribution >= 4 is 46.7 Å². The average Bonchev–Trinajstić information content (AvgIpc) is 3.24. The van der Waals surface area contributed by atoms with E-state index in [0.29, 0.717) is 22.5 Å². The van der Waals surface area contributed by atoms with Crippen LogP contribution in [0.4, 0.5) is 0 Å². The highest BCUT2D eigenvalue weighted by Crippen LogP contribution is 2.31. The number of benzene rings is 1. The van der Waals surface area contributed by atoms with Gasteiger partial charge in [-0.15, -0.1) is 21.5 Å². The molecule has 1 N–H and O–H groups in total. The van der Waals surface area contributed by atoms with E-state index in [1.807, 2.05) is 41.1 Å². The van der Waals surface area contributed by atoms with E-state index in [4.69, 9.17) is 11.6 Å². The second-order valence-corrected chi connectivity index (χ2v) is 7.41. The van der Waals surface area contributed by atoms with Gasteiger partial charge in [0.15, 0.2) is 11.0 Å². The van der Waals surface area contributed by atoms with Crippen molar-refractivity contribution in [3.8, 4) is 11.4 Å². The first-order valence-electron chi connectivity index (χ1n) is 7.44. The predicted octanol–water partition coefficient (Wildman–Crippen LogP) is 4.90. The van der Waals surface area contributed by atoms with Crippen molar-refractivity contribution in [3.63, 3.8) is 0 Å². The molecule has 3 rings (SSSR count). The van der Waals surface area contributed by atoms with Gasteiger partial charge in [-0.25, -0.2) is 4.79 Å². The van der Waals surface area contributed by atoms with Crippen LogP contribution in [0, 0.1) is 0 Å². The summed E-state index contributed by atoms with van der Waals surface area (Å²) in [7, 11) is 0. The fourth-order valence-corrected chi connectivity index (χ4v) is 3.93. The minimum atomic E-state index is -0.989. The van der Waals surface area contributed by atoms with Crippen LogP contribution in [0.5, 0.6) is 0 Å². The first kappa shape index (κ1) is 17.7. The zero-order valence-corrected chi connectivity index (χ0v) is 15.6. The van der Waals surface area contributed by atoms with Crippen molar-refractivity contribution in [2.75, 3.05) is 0 Å². The molecule has 0 radical (unpaired) electrons. The van der Waals surface area contributed by atoms with E-state index >= 15 is 0 Å². The summed E-state index contributed by atoms with van der Waals surface area (Å²) in [6.45, 7) is 2.59. The maximum absolute atomic E-state index is 11.6. The minimum absolute atomic E-state index is 0.201. The number of carbonyl (C=O) groups is 1. The third-order valence-corrected chi connectivity index (χ3v) is 5.43. The summed E-state index contributed by atoms with van der Waals surface area (Å²) in [5, 5.41) is 21.0. The molecule has 5 nitrogen and oxygen atoms in total. The predicted molar refractivity (Wildman–Crippen MR) is 102 cm³/mol. The van der Waals surface area contributed by atoms with Gasteiger partial charge in [-0.05, 0) is 60.5 Å². The number of halogens is 1. The Balaban J connectivity index is 1.94. The summed E-state index contributed by atoms with van der Waals surface area (Å²) < 4.78 is 1.89. The monoisotopic (exact) mass is 391 g/mol. The molecule has 0 atom stereocenters. The molecule has 0 aliphatic carbocycles. The summed E-state index contributed by atoms with van der Waals surface area (Å²) in [6, 6.07) is 11.1. The van der Waals surface area contributed by atoms with Gasteiger partial charge in [0.05, 0.1) is 0 Å². The van der Waals surface area contributed by atoms with Crippen molar-refractivity contribution in [1.82, 2.24) is 14.8 Å². The molecular formula is C17H14ClN3O2S2. The van der Waals surface area contributed by atoms with E-state index in [0.717, 1.165) is 22.2 Å². The first-order valence-corrected chi connectivity index (χ1v) is 9.51. The van der Waals surface area contributed by atoms with Crippen LogP contribution in [-0.4, -0.2) is 25.8 Å². The smallest absolute Gasteiger partial charge is 0.342 e. The van der Waals surface area contributed by atoms with Crippen LogP contribution >= 0.6 is 34.7 Å². The second kappa shape index (κ2) is 7.86. The number of carboxylic acid groups (broad SMARTS) is 1. The van der Waals surface area contributed by atoms with Gasteiger partial charge in [-0.3, -0.25) is 0 Å². The number of carboxylic acids is 1. The summed E-state index contributed by atoms with van der Waals surface area (Å²) in [5.41, 5.74) is 0.879. The fourth-order valence-electron chi connectivity index (χ4n) is 2.20. The van der Waals surface area contributed by atoms with Crippen LogP contribution in [0.1, 0.15) is 11.8 Å². The lowest BCUT2D eigenvalue weighted by Gasteiger charge is -2.07. The van der Waals surface area contributed by atoms with Crippen LogP contribution in [0.25, 0.3) is 17.5 Å². The van der Waals surface area contributed by atoms with Gasteiger partial charge < -0.3 is 9.67 Å². The maximum Gasteiger partial charge on any atom is 0.342 e. The SMILES string of the molecule is CCn1c(S/C(=C/c2cccs2)C(=O)O)nnc1-c1ccc(Cl)cc1. The fraction of sp³-hybridized carbons (Fsp3) is 0.118. The Kier molecular flexibility index (Phi) is 5.57. The molecule has 2 heterocycles. The third-order valence-electron chi connectivity index (χ3n) is 3.36. The number of nitrogens with zero attached hydrogens (tertiary/aromatic N) is 3. The van der Waals surface area contributed by atoms with Gasteiger partial charge in [0.1, 0.15) is 4.91 Å². The van der Waals surface area contributed by atoms with Crippen molar-refractivity contribution in [3.05, 3.63) is 56.6 Å². The van der Waals surface area contributed by atoms with Crippen LogP contribution in [0.2, 0.25) is 5.02 Å². The number of aromatic nitrogens is 3. The average molecular weight is 392 g/mol. The zero-order valence-electron chi connectivity index (χ0n) is 13.2. The van der Waals surface area contributed by atoms with Gasteiger partial charge in [-0.2, -0.15) is 0 Å². The van der Waals surface area contributed by atoms with Crippen LogP contribution in [0.3, 0.4) is 0 Å². The number of thiophene rings is 1. The molecule has 1 aromatic carbocycles. The molecule has 0 aliphatic heterocycles. The zero-order chi connectivity index (χ0) is 17.8. The van der Waals surface area contributed by atoms with Crippen LogP contribution < -0.4 is 0 Å². The Morgan fingerprint density at radius 1 is 1.32 bits per heavy atom. The molecule has 128 valence electrons. The Hall–Kier alpha value is -2.09. The molecule has 0 bridgehead atoms. The Bertz CT molecular complexity index is 903. The molecule has 25 heavy (non-hydrogen) atoms. The minimum Gasteiger partial charge on any atom is -0.477 e. The summed E-state index contributed by atoms with van der Waals surface area (Å²) in [6.07, 6.45) is 1.65. The normalized spacial score (nSPS) is 11.7. The molecule has 3 aromatic rings. The molecule has 0 saturated carbocycles. The molecule has 0 unspecified atom stereocenters. The number of thioether (sulfide) groups is 1. The second-order valence-electron chi connectivity index (χ2n) is 4.99. The lowest BCUT2D eigenvalue weighted by Crippen LogP contribution is -2.02. The van der Waals surface area contributed by atoms with Crippen LogP contribution in [-0.2, 0) is 11.3 Å². The van der Waals surface area contributed by atoms with Gasteiger partial charge in [0.25, 0.3) is 0 Å². The van der Waals surface area contributed by atoms with Gasteiger partial charge in [0.2, 0.25) is 0 Å². The summed E-state index contributed by atoms with van der Waals surface area (Å²) >= 11 is 8.51. The third kappa shape index (κ3) is 4.12. The van der Waals surface area contributed by atoms with Crippen molar-refractivity contribution in [2.24, 2.45) is 0 Å².